The van der Waals surface area contributed by atoms with Crippen LogP contribution < -0.4 is 21.9 Å². The average molecular weight is 532 g/mol. The Labute approximate surface area is 218 Å². The number of carbonyl (C=O) groups is 3. The van der Waals surface area contributed by atoms with E-state index in [1.807, 2.05) is 0 Å². The van der Waals surface area contributed by atoms with Gasteiger partial charge in [0.1, 0.15) is 11.8 Å². The first kappa shape index (κ1) is 29.1. The van der Waals surface area contributed by atoms with Crippen LogP contribution in [-0.2, 0) is 16.0 Å². The number of aliphatic carboxylic acids is 2. The Morgan fingerprint density at radius 2 is 1.76 bits per heavy atom. The zero-order valence-corrected chi connectivity index (χ0v) is 21.2. The number of carbonyl (C=O) groups excluding carboxylic acids is 1. The Bertz CT molecular complexity index is 1300. The van der Waals surface area contributed by atoms with Gasteiger partial charge in [0.25, 0.3) is 5.91 Å². The number of aliphatic imine (C=N–C) groups is 1. The van der Waals surface area contributed by atoms with Crippen LogP contribution >= 0.6 is 11.6 Å². The Kier molecular flexibility index (Phi) is 10.5. The molecule has 0 spiro atoms. The third-order valence-corrected chi connectivity index (χ3v) is 5.70. The van der Waals surface area contributed by atoms with Gasteiger partial charge in [-0.3, -0.25) is 23.9 Å². The van der Waals surface area contributed by atoms with Crippen LogP contribution in [0.15, 0.2) is 47.5 Å². The molecule has 0 aliphatic carbocycles. The molecule has 0 radical (unpaired) electrons. The van der Waals surface area contributed by atoms with E-state index >= 15 is 0 Å². The van der Waals surface area contributed by atoms with E-state index in [-0.39, 0.29) is 18.3 Å². The van der Waals surface area contributed by atoms with Gasteiger partial charge < -0.3 is 32.2 Å². The first-order valence-corrected chi connectivity index (χ1v) is 11.6. The number of carboxylic acid groups (broad SMARTS) is 2. The molecule has 0 aliphatic rings. The first-order valence-electron chi connectivity index (χ1n) is 11.2. The smallest absolute Gasteiger partial charge is 0.320 e. The summed E-state index contributed by atoms with van der Waals surface area (Å²) in [6, 6.07) is 11.0. The molecule has 1 atom stereocenters. The zero-order valence-electron chi connectivity index (χ0n) is 20.5. The number of guanidine groups is 1. The highest BCUT2D eigenvalue weighted by Crippen LogP contribution is 2.30. The standard InChI is InChI=1S/C19H16ClNO4.C6H14N4O2/c1-11-15(10-18(22)23)16-9-14(25-2)7-8-17(16)21(11)19(24)12-3-5-13(20)6-4-12;7-4(5(11)12)2-1-3-10-6(8)9/h3-9H,10H2,1-2H3,(H,22,23);4H,1-3,7H2,(H,11,12)(H4,8,9,10)/t;4-/m.0/s1. The topological polar surface area (TPSA) is 196 Å². The number of carboxylic acids is 2. The highest BCUT2D eigenvalue weighted by molar-refractivity contribution is 6.30. The quantitative estimate of drug-likeness (QED) is 0.156. The van der Waals surface area contributed by atoms with E-state index in [0.717, 1.165) is 0 Å². The van der Waals surface area contributed by atoms with Crippen molar-refractivity contribution >= 4 is 46.3 Å². The van der Waals surface area contributed by atoms with Gasteiger partial charge in [-0.1, -0.05) is 11.6 Å². The molecule has 0 amide bonds. The molecule has 0 saturated carbocycles. The summed E-state index contributed by atoms with van der Waals surface area (Å²) in [5.41, 5.74) is 17.6. The van der Waals surface area contributed by atoms with E-state index in [0.29, 0.717) is 57.9 Å². The second-order valence-electron chi connectivity index (χ2n) is 8.06. The van der Waals surface area contributed by atoms with Crippen molar-refractivity contribution in [3.63, 3.8) is 0 Å². The molecule has 11 nitrogen and oxygen atoms in total. The van der Waals surface area contributed by atoms with Gasteiger partial charge in [0, 0.05) is 28.2 Å². The number of fused-ring (bicyclic) bond motifs is 1. The van der Waals surface area contributed by atoms with Crippen molar-refractivity contribution in [2.24, 2.45) is 22.2 Å². The molecule has 3 rings (SSSR count). The van der Waals surface area contributed by atoms with E-state index in [2.05, 4.69) is 4.99 Å². The van der Waals surface area contributed by atoms with Crippen LogP contribution in [0.3, 0.4) is 0 Å². The number of hydrogen-bond donors (Lipinski definition) is 5. The van der Waals surface area contributed by atoms with Gasteiger partial charge in [0.05, 0.1) is 19.0 Å². The van der Waals surface area contributed by atoms with E-state index in [9.17, 15) is 19.5 Å². The summed E-state index contributed by atoms with van der Waals surface area (Å²) in [4.78, 5) is 38.1. The van der Waals surface area contributed by atoms with Crippen LogP contribution in [-0.4, -0.2) is 58.3 Å². The molecule has 12 heteroatoms. The monoisotopic (exact) mass is 531 g/mol. The zero-order chi connectivity index (χ0) is 27.7. The molecule has 0 fully saturated rings. The first-order chi connectivity index (χ1) is 17.5. The fraction of sp³-hybridized carbons (Fsp3) is 0.280. The largest absolute Gasteiger partial charge is 0.497 e. The minimum Gasteiger partial charge on any atom is -0.497 e. The summed E-state index contributed by atoms with van der Waals surface area (Å²) in [5, 5.41) is 18.9. The van der Waals surface area contributed by atoms with Crippen molar-refractivity contribution in [2.45, 2.75) is 32.2 Å². The Hall–Kier alpha value is -4.09. The fourth-order valence-electron chi connectivity index (χ4n) is 3.59. The lowest BCUT2D eigenvalue weighted by molar-refractivity contribution is -0.139. The van der Waals surface area contributed by atoms with Gasteiger partial charge in [0.2, 0.25) is 0 Å². The van der Waals surface area contributed by atoms with Crippen LogP contribution in [0.5, 0.6) is 5.75 Å². The lowest BCUT2D eigenvalue weighted by Gasteiger charge is -2.08. The molecule has 0 bridgehead atoms. The molecule has 37 heavy (non-hydrogen) atoms. The van der Waals surface area contributed by atoms with Crippen molar-refractivity contribution < 1.29 is 29.3 Å². The molecule has 0 unspecified atom stereocenters. The Morgan fingerprint density at radius 1 is 1.11 bits per heavy atom. The number of benzene rings is 2. The van der Waals surface area contributed by atoms with E-state index in [1.165, 1.54) is 4.57 Å². The summed E-state index contributed by atoms with van der Waals surface area (Å²) in [6.07, 6.45) is 0.786. The normalized spacial score (nSPS) is 11.2. The highest BCUT2D eigenvalue weighted by Gasteiger charge is 2.21. The van der Waals surface area contributed by atoms with Gasteiger partial charge in [-0.2, -0.15) is 0 Å². The lowest BCUT2D eigenvalue weighted by Crippen LogP contribution is -2.30. The van der Waals surface area contributed by atoms with Crippen LogP contribution in [0, 0.1) is 6.92 Å². The third kappa shape index (κ3) is 7.95. The molecule has 2 aromatic carbocycles. The van der Waals surface area contributed by atoms with Crippen molar-refractivity contribution in [3.05, 3.63) is 64.3 Å². The molecular formula is C25H30ClN5O6. The number of aromatic nitrogens is 1. The lowest BCUT2D eigenvalue weighted by atomic mass is 10.1. The van der Waals surface area contributed by atoms with E-state index in [4.69, 9.17) is 38.6 Å². The number of halogens is 1. The SMILES string of the molecule is COc1ccc2c(c1)c(CC(=O)O)c(C)n2C(=O)c1ccc(Cl)cc1.NC(N)=NCCC[C@H](N)C(=O)O. The van der Waals surface area contributed by atoms with Gasteiger partial charge in [-0.15, -0.1) is 0 Å². The maximum absolute atomic E-state index is 13.0. The van der Waals surface area contributed by atoms with Crippen LogP contribution in [0.25, 0.3) is 10.9 Å². The number of methoxy groups -OCH3 is 1. The predicted molar refractivity (Wildman–Crippen MR) is 141 cm³/mol. The van der Waals surface area contributed by atoms with Crippen molar-refractivity contribution in [1.82, 2.24) is 4.57 Å². The third-order valence-electron chi connectivity index (χ3n) is 5.45. The predicted octanol–water partition coefficient (Wildman–Crippen LogP) is 2.38. The summed E-state index contributed by atoms with van der Waals surface area (Å²) in [6.45, 7) is 2.17. The van der Waals surface area contributed by atoms with Crippen LogP contribution in [0.1, 0.15) is 34.5 Å². The molecule has 8 N–H and O–H groups in total. The second-order valence-corrected chi connectivity index (χ2v) is 8.49. The number of nitrogens with zero attached hydrogens (tertiary/aromatic N) is 2. The van der Waals surface area contributed by atoms with Gasteiger partial charge >= 0.3 is 11.9 Å². The fourth-order valence-corrected chi connectivity index (χ4v) is 3.72. The summed E-state index contributed by atoms with van der Waals surface area (Å²) in [5.74, 6) is -1.57. The van der Waals surface area contributed by atoms with E-state index < -0.39 is 18.0 Å². The number of ether oxygens (including phenoxy) is 1. The molecular weight excluding hydrogens is 502 g/mol. The van der Waals surface area contributed by atoms with Crippen molar-refractivity contribution in [1.29, 1.82) is 0 Å². The molecule has 1 aromatic heterocycles. The molecule has 198 valence electrons. The van der Waals surface area contributed by atoms with Crippen LogP contribution in [0.4, 0.5) is 0 Å². The minimum atomic E-state index is -1.00. The number of hydrogen-bond acceptors (Lipinski definition) is 6. The van der Waals surface area contributed by atoms with Gasteiger partial charge in [-0.05, 0) is 67.8 Å². The molecule has 1 heterocycles. The Morgan fingerprint density at radius 3 is 2.30 bits per heavy atom. The van der Waals surface area contributed by atoms with Gasteiger partial charge in [0.15, 0.2) is 5.96 Å². The number of nitrogens with two attached hydrogens (primary N) is 3. The molecule has 0 saturated heterocycles. The summed E-state index contributed by atoms with van der Waals surface area (Å²) < 4.78 is 6.77. The van der Waals surface area contributed by atoms with Crippen molar-refractivity contribution in [3.8, 4) is 5.75 Å². The maximum atomic E-state index is 13.0. The van der Waals surface area contributed by atoms with Crippen LogP contribution in [0.2, 0.25) is 5.02 Å². The molecule has 3 aromatic rings. The highest BCUT2D eigenvalue weighted by atomic mass is 35.5. The maximum Gasteiger partial charge on any atom is 0.320 e. The molecule has 0 aliphatic heterocycles. The van der Waals surface area contributed by atoms with Crippen molar-refractivity contribution in [2.75, 3.05) is 13.7 Å². The second kappa shape index (κ2) is 13.3. The minimum absolute atomic E-state index is 0.0129. The summed E-state index contributed by atoms with van der Waals surface area (Å²) in [7, 11) is 1.54. The Balaban J connectivity index is 0.000000341. The average Bonchev–Trinajstić information content (AvgIpc) is 3.11. The number of rotatable bonds is 9. The van der Waals surface area contributed by atoms with Gasteiger partial charge in [-0.25, -0.2) is 0 Å². The van der Waals surface area contributed by atoms with E-state index in [1.54, 1.807) is 56.5 Å². The summed E-state index contributed by atoms with van der Waals surface area (Å²) >= 11 is 5.89.